The molecule has 166 valence electrons. The standard InChI is InChI=1S/C23H20ClFN4O.C2H6/c24-14-3-6-19(25)16(9-14)21-10-22(17(12-27-21)13-1-2-13)29-20-7-8-26-11-18(20)23(30)28-15-4-5-15;1-2/h3,6-13,15H,1-2,4-5H2,(H,28,30)(H,26,27,29);1-2H3. The Morgan fingerprint density at radius 1 is 1.06 bits per heavy atom. The van der Waals surface area contributed by atoms with Gasteiger partial charge in [-0.25, -0.2) is 4.39 Å². The number of pyridine rings is 2. The summed E-state index contributed by atoms with van der Waals surface area (Å²) in [7, 11) is 0. The zero-order valence-electron chi connectivity index (χ0n) is 18.2. The van der Waals surface area contributed by atoms with Gasteiger partial charge in [-0.1, -0.05) is 25.4 Å². The number of carbonyl (C=O) groups excluding carboxylic acids is 1. The van der Waals surface area contributed by atoms with Gasteiger partial charge < -0.3 is 10.6 Å². The Hall–Kier alpha value is -2.99. The Balaban J connectivity index is 0.00000119. The van der Waals surface area contributed by atoms with E-state index in [0.29, 0.717) is 33.4 Å². The van der Waals surface area contributed by atoms with Gasteiger partial charge >= 0.3 is 0 Å². The highest BCUT2D eigenvalue weighted by atomic mass is 35.5. The van der Waals surface area contributed by atoms with E-state index in [1.807, 2.05) is 19.9 Å². The van der Waals surface area contributed by atoms with Crippen LogP contribution in [0.25, 0.3) is 11.3 Å². The van der Waals surface area contributed by atoms with Gasteiger partial charge in [0.15, 0.2) is 0 Å². The summed E-state index contributed by atoms with van der Waals surface area (Å²) >= 11 is 6.07. The van der Waals surface area contributed by atoms with Gasteiger partial charge in [0.1, 0.15) is 5.82 Å². The van der Waals surface area contributed by atoms with E-state index in [1.54, 1.807) is 30.7 Å². The first-order chi connectivity index (χ1) is 15.6. The molecular formula is C25H26ClFN4O. The fourth-order valence-corrected chi connectivity index (χ4v) is 3.63. The van der Waals surface area contributed by atoms with Crippen LogP contribution in [0.2, 0.25) is 5.02 Å². The molecule has 0 atom stereocenters. The van der Waals surface area contributed by atoms with Crippen molar-refractivity contribution in [1.29, 1.82) is 0 Å². The van der Waals surface area contributed by atoms with Gasteiger partial charge in [0.2, 0.25) is 0 Å². The van der Waals surface area contributed by atoms with Crippen LogP contribution in [0.5, 0.6) is 0 Å². The van der Waals surface area contributed by atoms with Gasteiger partial charge in [0.25, 0.3) is 5.91 Å². The molecule has 2 aliphatic rings. The van der Waals surface area contributed by atoms with Gasteiger partial charge in [-0.05, 0) is 67.5 Å². The number of carbonyl (C=O) groups is 1. The average Bonchev–Trinajstić information content (AvgIpc) is 3.72. The van der Waals surface area contributed by atoms with E-state index in [4.69, 9.17) is 11.6 Å². The molecule has 0 bridgehead atoms. The van der Waals surface area contributed by atoms with Gasteiger partial charge in [0, 0.05) is 40.9 Å². The maximum absolute atomic E-state index is 14.4. The van der Waals surface area contributed by atoms with Crippen LogP contribution in [0.1, 0.15) is 61.4 Å². The first kappa shape index (κ1) is 22.2. The third-order valence-electron chi connectivity index (χ3n) is 5.40. The summed E-state index contributed by atoms with van der Waals surface area (Å²) in [5, 5.41) is 6.83. The monoisotopic (exact) mass is 452 g/mol. The second-order valence-corrected chi connectivity index (χ2v) is 8.29. The lowest BCUT2D eigenvalue weighted by Crippen LogP contribution is -2.26. The number of halogens is 2. The molecule has 1 aromatic carbocycles. The molecule has 32 heavy (non-hydrogen) atoms. The van der Waals surface area contributed by atoms with Crippen LogP contribution < -0.4 is 10.6 Å². The van der Waals surface area contributed by atoms with E-state index in [9.17, 15) is 9.18 Å². The minimum atomic E-state index is -0.384. The number of nitrogens with zero attached hydrogens (tertiary/aromatic N) is 2. The third kappa shape index (κ3) is 5.07. The molecule has 0 unspecified atom stereocenters. The molecule has 2 N–H and O–H groups in total. The summed E-state index contributed by atoms with van der Waals surface area (Å²) in [4.78, 5) is 21.2. The second kappa shape index (κ2) is 9.65. The number of hydrogen-bond acceptors (Lipinski definition) is 4. The van der Waals surface area contributed by atoms with Crippen molar-refractivity contribution >= 4 is 28.9 Å². The van der Waals surface area contributed by atoms with E-state index < -0.39 is 0 Å². The quantitative estimate of drug-likeness (QED) is 0.449. The zero-order valence-corrected chi connectivity index (χ0v) is 18.9. The molecule has 0 radical (unpaired) electrons. The molecule has 0 spiro atoms. The number of aromatic nitrogens is 2. The van der Waals surface area contributed by atoms with Crippen LogP contribution in [0, 0.1) is 5.82 Å². The molecule has 2 aliphatic carbocycles. The largest absolute Gasteiger partial charge is 0.354 e. The molecule has 7 heteroatoms. The number of hydrogen-bond donors (Lipinski definition) is 2. The van der Waals surface area contributed by atoms with Crippen LogP contribution in [0.4, 0.5) is 15.8 Å². The number of benzene rings is 1. The lowest BCUT2D eigenvalue weighted by Gasteiger charge is -2.16. The number of amides is 1. The maximum atomic E-state index is 14.4. The van der Waals surface area contributed by atoms with Gasteiger partial charge in [-0.15, -0.1) is 0 Å². The molecule has 1 amide bonds. The lowest BCUT2D eigenvalue weighted by molar-refractivity contribution is 0.0951. The zero-order chi connectivity index (χ0) is 22.7. The van der Waals surface area contributed by atoms with Crippen molar-refractivity contribution in [3.8, 4) is 11.3 Å². The topological polar surface area (TPSA) is 66.9 Å². The molecule has 0 saturated heterocycles. The van der Waals surface area contributed by atoms with E-state index in [-0.39, 0.29) is 17.8 Å². The van der Waals surface area contributed by atoms with Crippen molar-refractivity contribution in [3.05, 3.63) is 70.9 Å². The van der Waals surface area contributed by atoms with E-state index in [1.165, 1.54) is 12.1 Å². The van der Waals surface area contributed by atoms with Crippen molar-refractivity contribution < 1.29 is 9.18 Å². The second-order valence-electron chi connectivity index (χ2n) is 7.85. The molecule has 5 rings (SSSR count). The lowest BCUT2D eigenvalue weighted by atomic mass is 10.1. The Bertz CT molecular complexity index is 1130. The molecule has 2 heterocycles. The predicted molar refractivity (Wildman–Crippen MR) is 126 cm³/mol. The summed E-state index contributed by atoms with van der Waals surface area (Å²) in [5.41, 5.74) is 3.85. The van der Waals surface area contributed by atoms with E-state index in [0.717, 1.165) is 36.9 Å². The van der Waals surface area contributed by atoms with Crippen molar-refractivity contribution in [3.63, 3.8) is 0 Å². The molecule has 0 aliphatic heterocycles. The fraction of sp³-hybridized carbons (Fsp3) is 0.320. The van der Waals surface area contributed by atoms with Crippen molar-refractivity contribution in [1.82, 2.24) is 15.3 Å². The molecule has 2 fully saturated rings. The number of rotatable bonds is 6. The predicted octanol–water partition coefficient (Wildman–Crippen LogP) is 6.48. The Kier molecular flexibility index (Phi) is 6.70. The Labute approximate surface area is 192 Å². The molecule has 5 nitrogen and oxygen atoms in total. The van der Waals surface area contributed by atoms with Gasteiger partial charge in [0.05, 0.1) is 16.9 Å². The minimum absolute atomic E-state index is 0.142. The summed E-state index contributed by atoms with van der Waals surface area (Å²) in [5.74, 6) is -0.106. The van der Waals surface area contributed by atoms with Crippen LogP contribution in [0.15, 0.2) is 48.9 Å². The smallest absolute Gasteiger partial charge is 0.255 e. The highest BCUT2D eigenvalue weighted by Crippen LogP contribution is 2.45. The van der Waals surface area contributed by atoms with E-state index >= 15 is 0 Å². The fourth-order valence-electron chi connectivity index (χ4n) is 3.46. The third-order valence-corrected chi connectivity index (χ3v) is 5.64. The first-order valence-corrected chi connectivity index (χ1v) is 11.4. The summed E-state index contributed by atoms with van der Waals surface area (Å²) in [6.45, 7) is 4.00. The summed E-state index contributed by atoms with van der Waals surface area (Å²) in [6, 6.07) is 8.28. The molecular weight excluding hydrogens is 427 g/mol. The highest BCUT2D eigenvalue weighted by molar-refractivity contribution is 6.30. The van der Waals surface area contributed by atoms with Crippen LogP contribution in [-0.4, -0.2) is 21.9 Å². The van der Waals surface area contributed by atoms with Gasteiger partial charge in [-0.2, -0.15) is 0 Å². The summed E-state index contributed by atoms with van der Waals surface area (Å²) in [6.07, 6.45) is 9.21. The SMILES string of the molecule is CC.O=C(NC1CC1)c1cnccc1Nc1cc(-c2cc(Cl)ccc2F)ncc1C1CC1. The highest BCUT2D eigenvalue weighted by Gasteiger charge is 2.28. The summed E-state index contributed by atoms with van der Waals surface area (Å²) < 4.78 is 14.4. The Morgan fingerprint density at radius 3 is 2.56 bits per heavy atom. The van der Waals surface area contributed by atoms with E-state index in [2.05, 4.69) is 20.6 Å². The Morgan fingerprint density at radius 2 is 1.84 bits per heavy atom. The van der Waals surface area contributed by atoms with Crippen LogP contribution in [0.3, 0.4) is 0 Å². The van der Waals surface area contributed by atoms with Crippen LogP contribution >= 0.6 is 11.6 Å². The normalized spacial score (nSPS) is 14.9. The minimum Gasteiger partial charge on any atom is -0.354 e. The molecule has 2 saturated carbocycles. The molecule has 3 aromatic rings. The number of anilines is 2. The molecule has 2 aromatic heterocycles. The van der Waals surface area contributed by atoms with Crippen LogP contribution in [-0.2, 0) is 0 Å². The van der Waals surface area contributed by atoms with Crippen molar-refractivity contribution in [2.24, 2.45) is 0 Å². The average molecular weight is 453 g/mol. The van der Waals surface area contributed by atoms with Crippen molar-refractivity contribution in [2.75, 3.05) is 5.32 Å². The van der Waals surface area contributed by atoms with Gasteiger partial charge in [-0.3, -0.25) is 14.8 Å². The first-order valence-electron chi connectivity index (χ1n) is 11.1. The maximum Gasteiger partial charge on any atom is 0.255 e. The van der Waals surface area contributed by atoms with Crippen molar-refractivity contribution in [2.45, 2.75) is 51.5 Å². The number of nitrogens with one attached hydrogen (secondary N) is 2.